The molecule has 0 aliphatic rings. The summed E-state index contributed by atoms with van der Waals surface area (Å²) in [5.74, 6) is 0. The van der Waals surface area contributed by atoms with Crippen LogP contribution in [0.2, 0.25) is 0 Å². The summed E-state index contributed by atoms with van der Waals surface area (Å²) >= 11 is 0. The van der Waals surface area contributed by atoms with E-state index in [1.54, 1.807) is 0 Å². The van der Waals surface area contributed by atoms with Crippen LogP contribution in [-0.4, -0.2) is 17.4 Å². The van der Waals surface area contributed by atoms with Crippen LogP contribution < -0.4 is 0 Å². The van der Waals surface area contributed by atoms with Gasteiger partial charge >= 0.3 is 12.4 Å². The first-order valence-corrected chi connectivity index (χ1v) is 5.49. The smallest absolute Gasteiger partial charge is 0.393 e. The van der Waals surface area contributed by atoms with E-state index < -0.39 is 36.9 Å². The maximum absolute atomic E-state index is 12.4. The Hall–Kier alpha value is -1.24. The maximum Gasteiger partial charge on any atom is 0.416 e. The van der Waals surface area contributed by atoms with Crippen molar-refractivity contribution < 1.29 is 31.4 Å². The van der Waals surface area contributed by atoms with Crippen molar-refractivity contribution in [3.05, 3.63) is 35.4 Å². The van der Waals surface area contributed by atoms with Crippen LogP contribution in [0.4, 0.5) is 26.3 Å². The summed E-state index contributed by atoms with van der Waals surface area (Å²) < 4.78 is 72.9. The van der Waals surface area contributed by atoms with Crippen LogP contribution in [0.5, 0.6) is 0 Å². The van der Waals surface area contributed by atoms with Crippen LogP contribution in [0, 0.1) is 0 Å². The summed E-state index contributed by atoms with van der Waals surface area (Å²) in [6.07, 6.45) is -12.1. The Morgan fingerprint density at radius 3 is 2.21 bits per heavy atom. The van der Waals surface area contributed by atoms with Crippen molar-refractivity contribution in [3.63, 3.8) is 0 Å². The van der Waals surface area contributed by atoms with E-state index in [2.05, 4.69) is 0 Å². The number of hydrogen-bond acceptors (Lipinski definition) is 1. The number of halogens is 6. The van der Waals surface area contributed by atoms with Crippen molar-refractivity contribution in [3.8, 4) is 0 Å². The number of benzene rings is 1. The highest BCUT2D eigenvalue weighted by Gasteiger charge is 2.31. The van der Waals surface area contributed by atoms with Crippen LogP contribution >= 0.6 is 0 Å². The fourth-order valence-corrected chi connectivity index (χ4v) is 1.58. The van der Waals surface area contributed by atoms with Crippen molar-refractivity contribution in [1.82, 2.24) is 0 Å². The zero-order valence-electron chi connectivity index (χ0n) is 9.72. The Morgan fingerprint density at radius 2 is 1.68 bits per heavy atom. The lowest BCUT2D eigenvalue weighted by Gasteiger charge is -2.13. The molecule has 1 aromatic rings. The third-order valence-electron chi connectivity index (χ3n) is 2.49. The van der Waals surface area contributed by atoms with Gasteiger partial charge in [0.15, 0.2) is 0 Å². The molecule has 1 unspecified atom stereocenters. The van der Waals surface area contributed by atoms with Gasteiger partial charge in [0, 0.05) is 6.42 Å². The van der Waals surface area contributed by atoms with Crippen LogP contribution in [0.25, 0.3) is 0 Å². The summed E-state index contributed by atoms with van der Waals surface area (Å²) in [4.78, 5) is 0. The molecule has 1 aromatic carbocycles. The number of hydrogen-bond donors (Lipinski definition) is 1. The van der Waals surface area contributed by atoms with Gasteiger partial charge in [-0.2, -0.15) is 26.3 Å². The highest BCUT2D eigenvalue weighted by molar-refractivity contribution is 5.26. The average Bonchev–Trinajstić information content (AvgIpc) is 2.25. The second-order valence-electron chi connectivity index (χ2n) is 4.21. The minimum atomic E-state index is -4.51. The van der Waals surface area contributed by atoms with Gasteiger partial charge in [-0.3, -0.25) is 0 Å². The minimum Gasteiger partial charge on any atom is -0.393 e. The Morgan fingerprint density at radius 1 is 1.05 bits per heavy atom. The predicted octanol–water partition coefficient (Wildman–Crippen LogP) is 3.95. The summed E-state index contributed by atoms with van der Waals surface area (Å²) in [6, 6.07) is 4.20. The van der Waals surface area contributed by atoms with Crippen molar-refractivity contribution in [1.29, 1.82) is 0 Å². The zero-order valence-corrected chi connectivity index (χ0v) is 9.72. The van der Waals surface area contributed by atoms with Gasteiger partial charge in [0.1, 0.15) is 0 Å². The summed E-state index contributed by atoms with van der Waals surface area (Å²) in [5.41, 5.74) is -0.725. The molecule has 0 saturated heterocycles. The van der Waals surface area contributed by atoms with E-state index in [-0.39, 0.29) is 12.0 Å². The van der Waals surface area contributed by atoms with E-state index in [9.17, 15) is 31.4 Å². The molecule has 0 aliphatic carbocycles. The molecule has 1 N–H and O–H groups in total. The van der Waals surface area contributed by atoms with E-state index in [1.807, 2.05) is 0 Å². The largest absolute Gasteiger partial charge is 0.416 e. The quantitative estimate of drug-likeness (QED) is 0.831. The molecule has 0 aliphatic heterocycles. The van der Waals surface area contributed by atoms with Gasteiger partial charge < -0.3 is 5.11 Å². The first kappa shape index (κ1) is 15.8. The molecule has 0 heterocycles. The molecule has 0 spiro atoms. The third-order valence-corrected chi connectivity index (χ3v) is 2.49. The van der Waals surface area contributed by atoms with E-state index in [0.29, 0.717) is 0 Å². The van der Waals surface area contributed by atoms with Gasteiger partial charge in [-0.25, -0.2) is 0 Å². The highest BCUT2D eigenvalue weighted by atomic mass is 19.4. The summed E-state index contributed by atoms with van der Waals surface area (Å²) in [6.45, 7) is 0. The lowest BCUT2D eigenvalue weighted by Crippen LogP contribution is -2.16. The molecular formula is C12H12F6O. The van der Waals surface area contributed by atoms with E-state index in [1.165, 1.54) is 6.07 Å². The number of alkyl halides is 6. The van der Waals surface area contributed by atoms with Crippen LogP contribution in [-0.2, 0) is 12.6 Å². The Bertz CT molecular complexity index is 409. The molecule has 1 atom stereocenters. The standard InChI is InChI=1S/C12H12F6O/c13-11(14,15)5-4-10(19)7-8-2-1-3-9(6-8)12(16,17)18/h1-3,6,10,19H,4-5,7H2. The highest BCUT2D eigenvalue weighted by Crippen LogP contribution is 2.30. The minimum absolute atomic E-state index is 0.157. The van der Waals surface area contributed by atoms with Crippen molar-refractivity contribution in [2.75, 3.05) is 0 Å². The lowest BCUT2D eigenvalue weighted by atomic mass is 10.0. The first-order valence-electron chi connectivity index (χ1n) is 5.49. The molecule has 19 heavy (non-hydrogen) atoms. The van der Waals surface area contributed by atoms with Crippen LogP contribution in [0.3, 0.4) is 0 Å². The molecule has 1 rings (SSSR count). The van der Waals surface area contributed by atoms with Crippen LogP contribution in [0.1, 0.15) is 24.0 Å². The Balaban J connectivity index is 2.62. The average molecular weight is 286 g/mol. The molecule has 7 heteroatoms. The fraction of sp³-hybridized carbons (Fsp3) is 0.500. The van der Waals surface area contributed by atoms with Crippen molar-refractivity contribution in [2.24, 2.45) is 0 Å². The van der Waals surface area contributed by atoms with Crippen molar-refractivity contribution >= 4 is 0 Å². The molecule has 0 saturated carbocycles. The van der Waals surface area contributed by atoms with Crippen molar-refractivity contribution in [2.45, 2.75) is 37.7 Å². The second-order valence-corrected chi connectivity index (χ2v) is 4.21. The molecule has 0 aromatic heterocycles. The molecule has 0 amide bonds. The molecule has 108 valence electrons. The molecule has 0 fully saturated rings. The van der Waals surface area contributed by atoms with Gasteiger partial charge in [-0.1, -0.05) is 18.2 Å². The van der Waals surface area contributed by atoms with E-state index in [4.69, 9.17) is 0 Å². The molecule has 0 radical (unpaired) electrons. The third kappa shape index (κ3) is 5.96. The van der Waals surface area contributed by atoms with Gasteiger partial charge in [-0.15, -0.1) is 0 Å². The monoisotopic (exact) mass is 286 g/mol. The molecule has 1 nitrogen and oxygen atoms in total. The Kier molecular flexibility index (Phi) is 4.84. The fourth-order valence-electron chi connectivity index (χ4n) is 1.58. The van der Waals surface area contributed by atoms with Gasteiger partial charge in [0.25, 0.3) is 0 Å². The van der Waals surface area contributed by atoms with Gasteiger partial charge in [-0.05, 0) is 24.5 Å². The SMILES string of the molecule is OC(CCC(F)(F)F)Cc1cccc(C(F)(F)F)c1. The first-order chi connectivity index (χ1) is 8.58. The van der Waals surface area contributed by atoms with Crippen LogP contribution in [0.15, 0.2) is 24.3 Å². The summed E-state index contributed by atoms with van der Waals surface area (Å²) in [5, 5.41) is 9.38. The number of aliphatic hydroxyl groups excluding tert-OH is 1. The number of rotatable bonds is 4. The predicted molar refractivity (Wildman–Crippen MR) is 56.4 cm³/mol. The number of aliphatic hydroxyl groups is 1. The molecule has 0 bridgehead atoms. The van der Waals surface area contributed by atoms with Gasteiger partial charge in [0.05, 0.1) is 11.7 Å². The van der Waals surface area contributed by atoms with Gasteiger partial charge in [0.2, 0.25) is 0 Å². The normalized spacial score (nSPS) is 14.5. The maximum atomic E-state index is 12.4. The lowest BCUT2D eigenvalue weighted by molar-refractivity contribution is -0.139. The second kappa shape index (κ2) is 5.81. The summed E-state index contributed by atoms with van der Waals surface area (Å²) in [7, 11) is 0. The van der Waals surface area contributed by atoms with E-state index in [0.717, 1.165) is 18.2 Å². The topological polar surface area (TPSA) is 20.2 Å². The molecular weight excluding hydrogens is 274 g/mol. The van der Waals surface area contributed by atoms with E-state index >= 15 is 0 Å². The zero-order chi connectivity index (χ0) is 14.7. The Labute approximate surface area is 105 Å².